The van der Waals surface area contributed by atoms with Crippen molar-refractivity contribution < 1.29 is 33.1 Å². The third kappa shape index (κ3) is 8.55. The first-order chi connectivity index (χ1) is 21.5. The van der Waals surface area contributed by atoms with Gasteiger partial charge in [-0.2, -0.15) is 0 Å². The Morgan fingerprint density at radius 3 is 2.13 bits per heavy atom. The highest BCUT2D eigenvalue weighted by Crippen LogP contribution is 2.42. The van der Waals surface area contributed by atoms with Gasteiger partial charge in [0.15, 0.2) is 6.10 Å². The summed E-state index contributed by atoms with van der Waals surface area (Å²) in [6.45, 7) is 9.62. The molecule has 4 atom stereocenters. The smallest absolute Gasteiger partial charge is 0.315 e. The van der Waals surface area contributed by atoms with Crippen molar-refractivity contribution in [2.45, 2.75) is 123 Å². The van der Waals surface area contributed by atoms with Crippen LogP contribution in [0.3, 0.4) is 0 Å². The molecule has 0 fully saturated rings. The maximum absolute atomic E-state index is 13.5. The highest BCUT2D eigenvalue weighted by atomic mass is 16.6. The lowest BCUT2D eigenvalue weighted by Crippen LogP contribution is -2.63. The molecule has 0 aromatic heterocycles. The van der Waals surface area contributed by atoms with Gasteiger partial charge in [0, 0.05) is 30.6 Å². The number of nitrogens with zero attached hydrogens (tertiary/aromatic N) is 1. The van der Waals surface area contributed by atoms with Gasteiger partial charge in [0.2, 0.25) is 6.73 Å². The molecule has 1 heterocycles. The average molecular weight is 621 g/mol. The van der Waals surface area contributed by atoms with Gasteiger partial charge >= 0.3 is 17.9 Å². The minimum absolute atomic E-state index is 0.132. The van der Waals surface area contributed by atoms with Crippen molar-refractivity contribution in [2.24, 2.45) is 5.41 Å². The lowest BCUT2D eigenvalue weighted by atomic mass is 9.75. The molecular weight excluding hydrogens is 566 g/mol. The molecule has 0 saturated carbocycles. The molecule has 1 aromatic rings. The number of carbonyl (C=O) groups is 3. The fraction of sp³-hybridized carbons (Fsp3) is 0.605. The third-order valence-corrected chi connectivity index (χ3v) is 9.62. The summed E-state index contributed by atoms with van der Waals surface area (Å²) < 4.78 is 18.1. The standard InChI is InChI=1S/C38H54NO6/c1-7-8-9-10-11-12-13-14-15-18-23-38(4,5)37(42)43-26-39(6)25-34(45-28(3)41)31-21-22-33(44-27(2)40)36-30-20-17-16-19-29(30)24-32(39)35(31)36/h16-17,19-22,24,32-34H,7-15,18,23,25-26H2,1-6H3/q+1. The molecule has 4 rings (SSSR count). The monoisotopic (exact) mass is 620 g/mol. The van der Waals surface area contributed by atoms with E-state index in [2.05, 4.69) is 26.1 Å². The van der Waals surface area contributed by atoms with Gasteiger partial charge in [-0.05, 0) is 42.9 Å². The van der Waals surface area contributed by atoms with Gasteiger partial charge in [0.25, 0.3) is 0 Å². The number of unbranched alkanes of at least 4 members (excludes halogenated alkanes) is 9. The highest BCUT2D eigenvalue weighted by molar-refractivity contribution is 5.83. The molecule has 0 radical (unpaired) electrons. The Labute approximate surface area is 269 Å². The van der Waals surface area contributed by atoms with Gasteiger partial charge in [0.1, 0.15) is 18.7 Å². The summed E-state index contributed by atoms with van der Waals surface area (Å²) in [5.41, 5.74) is 2.19. The zero-order valence-electron chi connectivity index (χ0n) is 28.4. The van der Waals surface area contributed by atoms with Crippen LogP contribution >= 0.6 is 0 Å². The Morgan fingerprint density at radius 2 is 1.49 bits per heavy atom. The molecule has 1 aliphatic heterocycles. The second-order valence-electron chi connectivity index (χ2n) is 14.0. The highest BCUT2D eigenvalue weighted by Gasteiger charge is 2.50. The van der Waals surface area contributed by atoms with Gasteiger partial charge in [0.05, 0.1) is 12.5 Å². The Hall–Kier alpha value is -3.19. The lowest BCUT2D eigenvalue weighted by molar-refractivity contribution is -0.939. The molecule has 0 spiro atoms. The molecule has 1 aromatic carbocycles. The molecule has 0 saturated heterocycles. The zero-order valence-corrected chi connectivity index (χ0v) is 28.4. The van der Waals surface area contributed by atoms with Crippen LogP contribution in [0.1, 0.15) is 105 Å². The first-order valence-corrected chi connectivity index (χ1v) is 17.1. The van der Waals surface area contributed by atoms with E-state index in [1.807, 2.05) is 44.2 Å². The van der Waals surface area contributed by atoms with Crippen molar-refractivity contribution >= 4 is 29.6 Å². The predicted molar refractivity (Wildman–Crippen MR) is 177 cm³/mol. The molecule has 0 bridgehead atoms. The normalized spacial score (nSPS) is 23.5. The van der Waals surface area contributed by atoms with Crippen LogP contribution in [0.2, 0.25) is 0 Å². The Balaban J connectivity index is 1.48. The van der Waals surface area contributed by atoms with Crippen LogP contribution < -0.4 is 10.4 Å². The first kappa shape index (κ1) is 34.7. The summed E-state index contributed by atoms with van der Waals surface area (Å²) in [6.07, 6.45) is 18.3. The summed E-state index contributed by atoms with van der Waals surface area (Å²) >= 11 is 0. The van der Waals surface area contributed by atoms with E-state index in [0.717, 1.165) is 46.4 Å². The van der Waals surface area contributed by atoms with E-state index in [0.29, 0.717) is 11.0 Å². The predicted octanol–water partition coefficient (Wildman–Crippen LogP) is 6.03. The Kier molecular flexibility index (Phi) is 11.9. The lowest BCUT2D eigenvalue weighted by Gasteiger charge is -2.49. The second-order valence-corrected chi connectivity index (χ2v) is 14.0. The topological polar surface area (TPSA) is 78.9 Å². The number of hydrogen-bond donors (Lipinski definition) is 0. The van der Waals surface area contributed by atoms with Gasteiger partial charge in [-0.25, -0.2) is 0 Å². The average Bonchev–Trinajstić information content (AvgIpc) is 2.99. The SMILES string of the molecule is CCCCCCCCCCCCC(C)(C)C(=O)OC[N+]1(C)CC(OC(C)=O)C2=C3C(=c4ccccc4=CC31)C(OC(C)=O)C=C2. The number of likely N-dealkylation sites (N-methyl/N-ethyl adjacent to an activating group) is 1. The largest absolute Gasteiger partial charge is 0.453 e. The van der Waals surface area contributed by atoms with Gasteiger partial charge in [-0.15, -0.1) is 0 Å². The molecular formula is C38H54NO6+. The number of esters is 3. The number of ether oxygens (including phenoxy) is 3. The number of rotatable bonds is 16. The Morgan fingerprint density at radius 1 is 0.867 bits per heavy atom. The summed E-state index contributed by atoms with van der Waals surface area (Å²) in [5, 5.41) is 2.03. The van der Waals surface area contributed by atoms with Crippen molar-refractivity contribution in [3.05, 3.63) is 58.0 Å². The number of hydrogen-bond acceptors (Lipinski definition) is 6. The first-order valence-electron chi connectivity index (χ1n) is 17.1. The Bertz CT molecular complexity index is 1420. The van der Waals surface area contributed by atoms with Crippen LogP contribution in [0.25, 0.3) is 11.6 Å². The zero-order chi connectivity index (χ0) is 32.6. The minimum atomic E-state index is -0.594. The van der Waals surface area contributed by atoms with E-state index in [4.69, 9.17) is 14.2 Å². The molecule has 0 N–H and O–H groups in total. The maximum Gasteiger partial charge on any atom is 0.315 e. The van der Waals surface area contributed by atoms with E-state index in [-0.39, 0.29) is 30.7 Å². The van der Waals surface area contributed by atoms with Gasteiger partial charge < -0.3 is 14.2 Å². The number of benzene rings is 1. The van der Waals surface area contributed by atoms with Crippen molar-refractivity contribution in [2.75, 3.05) is 20.3 Å². The van der Waals surface area contributed by atoms with E-state index >= 15 is 0 Å². The molecule has 0 amide bonds. The van der Waals surface area contributed by atoms with Crippen LogP contribution in [0.4, 0.5) is 0 Å². The number of fused-ring (bicyclic) bond motifs is 1. The van der Waals surface area contributed by atoms with Crippen LogP contribution in [0, 0.1) is 5.41 Å². The third-order valence-electron chi connectivity index (χ3n) is 9.62. The molecule has 3 aliphatic rings. The fourth-order valence-electron chi connectivity index (χ4n) is 7.09. The van der Waals surface area contributed by atoms with E-state index in [9.17, 15) is 14.4 Å². The second kappa shape index (κ2) is 15.4. The molecule has 4 unspecified atom stereocenters. The van der Waals surface area contributed by atoms with Crippen molar-refractivity contribution in [3.8, 4) is 0 Å². The molecule has 246 valence electrons. The molecule has 7 heteroatoms. The fourth-order valence-corrected chi connectivity index (χ4v) is 7.09. The van der Waals surface area contributed by atoms with Gasteiger partial charge in [-0.1, -0.05) is 101 Å². The van der Waals surface area contributed by atoms with Crippen LogP contribution in [-0.4, -0.2) is 61.0 Å². The number of quaternary nitrogens is 1. The van der Waals surface area contributed by atoms with Crippen LogP contribution in [-0.2, 0) is 28.6 Å². The summed E-state index contributed by atoms with van der Waals surface area (Å²) in [5.74, 6) is -0.943. The molecule has 45 heavy (non-hydrogen) atoms. The molecule has 2 aliphatic carbocycles. The van der Waals surface area contributed by atoms with Crippen molar-refractivity contribution in [1.29, 1.82) is 0 Å². The summed E-state index contributed by atoms with van der Waals surface area (Å²) in [7, 11) is 2.05. The quantitative estimate of drug-likeness (QED) is 0.0973. The van der Waals surface area contributed by atoms with Crippen LogP contribution in [0.15, 0.2) is 47.6 Å². The summed E-state index contributed by atoms with van der Waals surface area (Å²) in [4.78, 5) is 37.9. The van der Waals surface area contributed by atoms with Gasteiger partial charge in [-0.3, -0.25) is 18.9 Å². The molecule has 7 nitrogen and oxygen atoms in total. The van der Waals surface area contributed by atoms with E-state index < -0.39 is 17.6 Å². The minimum Gasteiger partial charge on any atom is -0.453 e. The van der Waals surface area contributed by atoms with Crippen LogP contribution in [0.5, 0.6) is 0 Å². The van der Waals surface area contributed by atoms with E-state index in [1.54, 1.807) is 0 Å². The van der Waals surface area contributed by atoms with Crippen molar-refractivity contribution in [1.82, 2.24) is 0 Å². The number of carbonyl (C=O) groups excluding carboxylic acids is 3. The summed E-state index contributed by atoms with van der Waals surface area (Å²) in [6, 6.07) is 7.88. The van der Waals surface area contributed by atoms with Crippen molar-refractivity contribution in [3.63, 3.8) is 0 Å². The maximum atomic E-state index is 13.5. The van der Waals surface area contributed by atoms with E-state index in [1.165, 1.54) is 65.2 Å².